The zero-order valence-corrected chi connectivity index (χ0v) is 14.8. The van der Waals surface area contributed by atoms with Crippen LogP contribution in [0.15, 0.2) is 53.2 Å². The highest BCUT2D eigenvalue weighted by molar-refractivity contribution is 5.45. The summed E-state index contributed by atoms with van der Waals surface area (Å²) in [5, 5.41) is 4.19. The van der Waals surface area contributed by atoms with Crippen molar-refractivity contribution >= 4 is 0 Å². The van der Waals surface area contributed by atoms with Crippen LogP contribution in [0.5, 0.6) is 5.75 Å². The molecule has 134 valence electrons. The molecule has 0 saturated carbocycles. The van der Waals surface area contributed by atoms with Crippen LogP contribution in [0.3, 0.4) is 0 Å². The normalized spacial score (nSPS) is 15.9. The van der Waals surface area contributed by atoms with Gasteiger partial charge in [-0.15, -0.1) is 0 Å². The summed E-state index contributed by atoms with van der Waals surface area (Å²) < 4.78 is 10.6. The maximum atomic E-state index is 5.40. The van der Waals surface area contributed by atoms with Crippen LogP contribution in [-0.4, -0.2) is 40.2 Å². The molecular formula is C20H22N4O2. The van der Waals surface area contributed by atoms with E-state index in [0.717, 1.165) is 49.7 Å². The highest BCUT2D eigenvalue weighted by Crippen LogP contribution is 2.28. The topological polar surface area (TPSA) is 64.3 Å². The third-order valence-corrected chi connectivity index (χ3v) is 4.84. The standard InChI is InChI=1S/C20H22N4O2/c1-25-17-7-5-15(6-8-17)14-24-12-9-16(10-13-24)19-22-20(26-23-19)18-4-2-3-11-21-18/h2-8,11,16H,9-10,12-14H2,1H3. The van der Waals surface area contributed by atoms with Crippen LogP contribution >= 0.6 is 0 Å². The van der Waals surface area contributed by atoms with E-state index in [1.165, 1.54) is 5.56 Å². The number of benzene rings is 1. The van der Waals surface area contributed by atoms with Gasteiger partial charge >= 0.3 is 0 Å². The predicted molar refractivity (Wildman–Crippen MR) is 97.8 cm³/mol. The highest BCUT2D eigenvalue weighted by atomic mass is 16.5. The second-order valence-corrected chi connectivity index (χ2v) is 6.57. The van der Waals surface area contributed by atoms with Gasteiger partial charge in [0.25, 0.3) is 5.89 Å². The van der Waals surface area contributed by atoms with Crippen molar-refractivity contribution in [1.82, 2.24) is 20.0 Å². The zero-order valence-electron chi connectivity index (χ0n) is 14.8. The van der Waals surface area contributed by atoms with Gasteiger partial charge in [0, 0.05) is 18.7 Å². The summed E-state index contributed by atoms with van der Waals surface area (Å²) >= 11 is 0. The molecule has 26 heavy (non-hydrogen) atoms. The number of pyridine rings is 1. The van der Waals surface area contributed by atoms with E-state index in [2.05, 4.69) is 32.2 Å². The Morgan fingerprint density at radius 2 is 1.92 bits per heavy atom. The fourth-order valence-corrected chi connectivity index (χ4v) is 3.33. The van der Waals surface area contributed by atoms with Crippen LogP contribution in [0.25, 0.3) is 11.6 Å². The van der Waals surface area contributed by atoms with Crippen LogP contribution in [0, 0.1) is 0 Å². The Hall–Kier alpha value is -2.73. The van der Waals surface area contributed by atoms with Crippen molar-refractivity contribution < 1.29 is 9.26 Å². The second-order valence-electron chi connectivity index (χ2n) is 6.57. The van der Waals surface area contributed by atoms with E-state index in [9.17, 15) is 0 Å². The molecule has 3 heterocycles. The van der Waals surface area contributed by atoms with E-state index in [0.29, 0.717) is 11.8 Å². The van der Waals surface area contributed by atoms with Gasteiger partial charge in [-0.05, 0) is 55.8 Å². The Morgan fingerprint density at radius 1 is 1.12 bits per heavy atom. The Labute approximate surface area is 152 Å². The van der Waals surface area contributed by atoms with Gasteiger partial charge in [-0.1, -0.05) is 23.4 Å². The largest absolute Gasteiger partial charge is 0.497 e. The van der Waals surface area contributed by atoms with Crippen LogP contribution in [0.4, 0.5) is 0 Å². The number of aromatic nitrogens is 3. The average molecular weight is 350 g/mol. The molecule has 1 aromatic carbocycles. The van der Waals surface area contributed by atoms with Crippen molar-refractivity contribution in [2.45, 2.75) is 25.3 Å². The Kier molecular flexibility index (Phi) is 4.93. The van der Waals surface area contributed by atoms with E-state index in [-0.39, 0.29) is 0 Å². The summed E-state index contributed by atoms with van der Waals surface area (Å²) in [5.74, 6) is 2.55. The van der Waals surface area contributed by atoms with Gasteiger partial charge in [0.05, 0.1) is 7.11 Å². The molecule has 1 fully saturated rings. The van der Waals surface area contributed by atoms with E-state index in [1.54, 1.807) is 13.3 Å². The van der Waals surface area contributed by atoms with E-state index < -0.39 is 0 Å². The molecule has 2 aromatic heterocycles. The molecule has 3 aromatic rings. The molecule has 1 aliphatic heterocycles. The fraction of sp³-hybridized carbons (Fsp3) is 0.350. The lowest BCUT2D eigenvalue weighted by Gasteiger charge is -2.30. The van der Waals surface area contributed by atoms with E-state index in [4.69, 9.17) is 9.26 Å². The lowest BCUT2D eigenvalue weighted by Crippen LogP contribution is -2.32. The minimum Gasteiger partial charge on any atom is -0.497 e. The lowest BCUT2D eigenvalue weighted by atomic mass is 9.96. The van der Waals surface area contributed by atoms with Gasteiger partial charge in [0.1, 0.15) is 11.4 Å². The zero-order chi connectivity index (χ0) is 17.8. The van der Waals surface area contributed by atoms with Crippen molar-refractivity contribution in [3.05, 3.63) is 60.0 Å². The van der Waals surface area contributed by atoms with Crippen LogP contribution in [0.1, 0.15) is 30.1 Å². The van der Waals surface area contributed by atoms with Gasteiger partial charge in [0.15, 0.2) is 5.82 Å². The molecule has 0 aliphatic carbocycles. The number of methoxy groups -OCH3 is 1. The summed E-state index contributed by atoms with van der Waals surface area (Å²) in [6.07, 6.45) is 3.81. The Balaban J connectivity index is 1.34. The third kappa shape index (κ3) is 3.75. The number of rotatable bonds is 5. The molecule has 0 unspecified atom stereocenters. The highest BCUT2D eigenvalue weighted by Gasteiger charge is 2.25. The lowest BCUT2D eigenvalue weighted by molar-refractivity contribution is 0.200. The number of ether oxygens (including phenoxy) is 1. The number of piperidine rings is 1. The maximum Gasteiger partial charge on any atom is 0.276 e. The molecule has 1 saturated heterocycles. The maximum absolute atomic E-state index is 5.40. The summed E-state index contributed by atoms with van der Waals surface area (Å²) in [6.45, 7) is 3.02. The number of likely N-dealkylation sites (tertiary alicyclic amines) is 1. The molecule has 0 bridgehead atoms. The quantitative estimate of drug-likeness (QED) is 0.701. The van der Waals surface area contributed by atoms with Crippen molar-refractivity contribution in [1.29, 1.82) is 0 Å². The molecule has 6 heteroatoms. The predicted octanol–water partition coefficient (Wildman–Crippen LogP) is 3.52. The van der Waals surface area contributed by atoms with Gasteiger partial charge in [-0.2, -0.15) is 4.98 Å². The Bertz CT molecular complexity index is 825. The molecule has 4 rings (SSSR count). The second kappa shape index (κ2) is 7.66. The minimum atomic E-state index is 0.350. The van der Waals surface area contributed by atoms with Gasteiger partial charge in [-0.25, -0.2) is 0 Å². The smallest absolute Gasteiger partial charge is 0.276 e. The molecule has 0 amide bonds. The summed E-state index contributed by atoms with van der Waals surface area (Å²) in [4.78, 5) is 11.3. The Morgan fingerprint density at radius 3 is 2.62 bits per heavy atom. The summed E-state index contributed by atoms with van der Waals surface area (Å²) in [7, 11) is 1.69. The molecule has 0 atom stereocenters. The first-order valence-electron chi connectivity index (χ1n) is 8.92. The summed E-state index contributed by atoms with van der Waals surface area (Å²) in [5.41, 5.74) is 2.03. The summed E-state index contributed by atoms with van der Waals surface area (Å²) in [6, 6.07) is 14.0. The van der Waals surface area contributed by atoms with E-state index in [1.807, 2.05) is 30.3 Å². The fourth-order valence-electron chi connectivity index (χ4n) is 3.33. The first-order chi connectivity index (χ1) is 12.8. The SMILES string of the molecule is COc1ccc(CN2CCC(c3noc(-c4ccccn4)n3)CC2)cc1. The number of nitrogens with zero attached hydrogens (tertiary/aromatic N) is 4. The molecular weight excluding hydrogens is 328 g/mol. The third-order valence-electron chi connectivity index (χ3n) is 4.84. The van der Waals surface area contributed by atoms with Gasteiger partial charge < -0.3 is 9.26 Å². The number of hydrogen-bond acceptors (Lipinski definition) is 6. The van der Waals surface area contributed by atoms with Crippen molar-refractivity contribution in [3.63, 3.8) is 0 Å². The molecule has 6 nitrogen and oxygen atoms in total. The van der Waals surface area contributed by atoms with Crippen LogP contribution < -0.4 is 4.74 Å². The molecule has 1 aliphatic rings. The monoisotopic (exact) mass is 350 g/mol. The molecule has 0 N–H and O–H groups in total. The minimum absolute atomic E-state index is 0.350. The van der Waals surface area contributed by atoms with E-state index >= 15 is 0 Å². The average Bonchev–Trinajstić information content (AvgIpc) is 3.20. The van der Waals surface area contributed by atoms with Crippen LogP contribution in [0.2, 0.25) is 0 Å². The van der Waals surface area contributed by atoms with Crippen molar-refractivity contribution in [2.24, 2.45) is 0 Å². The van der Waals surface area contributed by atoms with Gasteiger partial charge in [0.2, 0.25) is 0 Å². The first-order valence-corrected chi connectivity index (χ1v) is 8.92. The first kappa shape index (κ1) is 16.7. The van der Waals surface area contributed by atoms with Crippen molar-refractivity contribution in [2.75, 3.05) is 20.2 Å². The van der Waals surface area contributed by atoms with Crippen LogP contribution in [-0.2, 0) is 6.54 Å². The molecule has 0 radical (unpaired) electrons. The molecule has 0 spiro atoms. The van der Waals surface area contributed by atoms with Crippen molar-refractivity contribution in [3.8, 4) is 17.3 Å². The number of hydrogen-bond donors (Lipinski definition) is 0. The van der Waals surface area contributed by atoms with Gasteiger partial charge in [-0.3, -0.25) is 9.88 Å².